The molecule has 0 aliphatic carbocycles. The summed E-state index contributed by atoms with van der Waals surface area (Å²) in [5.41, 5.74) is 2.67. The lowest BCUT2D eigenvalue weighted by Crippen LogP contribution is -2.38. The van der Waals surface area contributed by atoms with E-state index in [1.807, 2.05) is 12.1 Å². The van der Waals surface area contributed by atoms with Gasteiger partial charge in [0.15, 0.2) is 5.78 Å². The maximum atomic E-state index is 12.0. The first-order valence-electron chi connectivity index (χ1n) is 9.18. The fourth-order valence-electron chi connectivity index (χ4n) is 3.00. The zero-order valence-electron chi connectivity index (χ0n) is 15.8. The Morgan fingerprint density at radius 1 is 1.23 bits per heavy atom. The molecular weight excluding hydrogens is 330 g/mol. The fourth-order valence-corrected chi connectivity index (χ4v) is 3.00. The van der Waals surface area contributed by atoms with E-state index in [0.717, 1.165) is 38.5 Å². The van der Waals surface area contributed by atoms with Crippen molar-refractivity contribution in [1.29, 1.82) is 0 Å². The number of morpholine rings is 1. The summed E-state index contributed by atoms with van der Waals surface area (Å²) in [5.74, 6) is 0.943. The Bertz CT molecular complexity index is 731. The molecule has 1 saturated heterocycles. The largest absolute Gasteiger partial charge is 0.476 e. The molecule has 0 bridgehead atoms. The molecule has 0 amide bonds. The predicted octanol–water partition coefficient (Wildman–Crippen LogP) is 2.91. The summed E-state index contributed by atoms with van der Waals surface area (Å²) >= 11 is 0. The molecule has 0 saturated carbocycles. The Morgan fingerprint density at radius 2 is 1.92 bits per heavy atom. The number of ether oxygens (including phenoxy) is 2. The molecule has 140 valence electrons. The number of rotatable bonds is 7. The highest BCUT2D eigenvalue weighted by atomic mass is 16.5. The van der Waals surface area contributed by atoms with Gasteiger partial charge in [0.2, 0.25) is 5.88 Å². The van der Waals surface area contributed by atoms with Crippen LogP contribution in [0.5, 0.6) is 5.88 Å². The summed E-state index contributed by atoms with van der Waals surface area (Å²) in [4.78, 5) is 14.3. The van der Waals surface area contributed by atoms with Gasteiger partial charge in [0, 0.05) is 19.6 Å². The van der Waals surface area contributed by atoms with Crippen LogP contribution in [0, 0.1) is 0 Å². The van der Waals surface area contributed by atoms with Crippen molar-refractivity contribution in [1.82, 2.24) is 14.7 Å². The van der Waals surface area contributed by atoms with Crippen molar-refractivity contribution in [2.75, 3.05) is 39.5 Å². The van der Waals surface area contributed by atoms with Crippen LogP contribution in [0.2, 0.25) is 0 Å². The minimum Gasteiger partial charge on any atom is -0.476 e. The van der Waals surface area contributed by atoms with E-state index in [9.17, 15) is 4.79 Å². The molecule has 1 aromatic heterocycles. The van der Waals surface area contributed by atoms with Gasteiger partial charge in [-0.05, 0) is 30.5 Å². The number of aromatic nitrogens is 2. The minimum absolute atomic E-state index is 0.0450. The number of ketones is 1. The standard InChI is InChI=1S/C20H27N3O3/c1-15(2)17-4-6-18(7-5-17)23-20(19(14-21-23)16(3)24)26-13-10-22-8-11-25-12-9-22/h4-7,14-15H,8-13H2,1-3H3. The quantitative estimate of drug-likeness (QED) is 0.713. The van der Waals surface area contributed by atoms with Crippen LogP contribution in [0.25, 0.3) is 5.69 Å². The smallest absolute Gasteiger partial charge is 0.227 e. The van der Waals surface area contributed by atoms with Gasteiger partial charge in [-0.3, -0.25) is 9.69 Å². The molecule has 2 aromatic rings. The highest BCUT2D eigenvalue weighted by molar-refractivity contribution is 5.96. The molecule has 26 heavy (non-hydrogen) atoms. The van der Waals surface area contributed by atoms with Crippen molar-refractivity contribution in [2.45, 2.75) is 26.7 Å². The van der Waals surface area contributed by atoms with E-state index in [0.29, 0.717) is 24.0 Å². The van der Waals surface area contributed by atoms with Crippen LogP contribution in [-0.2, 0) is 4.74 Å². The molecule has 0 atom stereocenters. The summed E-state index contributed by atoms with van der Waals surface area (Å²) < 4.78 is 13.1. The van der Waals surface area contributed by atoms with Crippen molar-refractivity contribution < 1.29 is 14.3 Å². The van der Waals surface area contributed by atoms with Crippen LogP contribution < -0.4 is 4.74 Å². The molecule has 0 unspecified atom stereocenters. The molecule has 0 spiro atoms. The van der Waals surface area contributed by atoms with Crippen LogP contribution in [0.1, 0.15) is 42.6 Å². The second kappa shape index (κ2) is 8.47. The van der Waals surface area contributed by atoms with E-state index >= 15 is 0 Å². The maximum absolute atomic E-state index is 12.0. The third-order valence-corrected chi connectivity index (χ3v) is 4.66. The minimum atomic E-state index is -0.0450. The average molecular weight is 357 g/mol. The summed E-state index contributed by atoms with van der Waals surface area (Å²) in [6.07, 6.45) is 1.59. The van der Waals surface area contributed by atoms with E-state index in [-0.39, 0.29) is 5.78 Å². The number of carbonyl (C=O) groups is 1. The summed E-state index contributed by atoms with van der Waals surface area (Å²) in [6, 6.07) is 8.21. The van der Waals surface area contributed by atoms with E-state index in [1.54, 1.807) is 10.9 Å². The van der Waals surface area contributed by atoms with E-state index in [1.165, 1.54) is 12.5 Å². The topological polar surface area (TPSA) is 56.6 Å². The molecule has 0 N–H and O–H groups in total. The van der Waals surface area contributed by atoms with Gasteiger partial charge in [0.05, 0.1) is 30.7 Å². The first kappa shape index (κ1) is 18.6. The summed E-state index contributed by atoms with van der Waals surface area (Å²) in [7, 11) is 0. The molecule has 6 nitrogen and oxygen atoms in total. The van der Waals surface area contributed by atoms with Crippen molar-refractivity contribution in [3.8, 4) is 11.6 Å². The van der Waals surface area contributed by atoms with Crippen LogP contribution >= 0.6 is 0 Å². The molecule has 6 heteroatoms. The molecule has 0 radical (unpaired) electrons. The maximum Gasteiger partial charge on any atom is 0.227 e. The second-order valence-electron chi connectivity index (χ2n) is 6.88. The van der Waals surface area contributed by atoms with Crippen LogP contribution in [0.4, 0.5) is 0 Å². The Morgan fingerprint density at radius 3 is 2.54 bits per heavy atom. The molecule has 1 aromatic carbocycles. The van der Waals surface area contributed by atoms with Gasteiger partial charge in [-0.1, -0.05) is 26.0 Å². The van der Waals surface area contributed by atoms with Gasteiger partial charge < -0.3 is 9.47 Å². The lowest BCUT2D eigenvalue weighted by Gasteiger charge is -2.26. The van der Waals surface area contributed by atoms with Crippen LogP contribution in [-0.4, -0.2) is 59.9 Å². The average Bonchev–Trinajstić information content (AvgIpc) is 3.07. The number of hydrogen-bond acceptors (Lipinski definition) is 5. The number of hydrogen-bond donors (Lipinski definition) is 0. The van der Waals surface area contributed by atoms with Crippen molar-refractivity contribution in [3.05, 3.63) is 41.6 Å². The SMILES string of the molecule is CC(=O)c1cnn(-c2ccc(C(C)C)cc2)c1OCCN1CCOCC1. The zero-order chi connectivity index (χ0) is 18.5. The predicted molar refractivity (Wildman–Crippen MR) is 100 cm³/mol. The molecule has 1 fully saturated rings. The fraction of sp³-hybridized carbons (Fsp3) is 0.500. The second-order valence-corrected chi connectivity index (χ2v) is 6.88. The third kappa shape index (κ3) is 4.31. The van der Waals surface area contributed by atoms with Gasteiger partial charge in [-0.2, -0.15) is 5.10 Å². The number of Topliss-reactive ketones (excluding diaryl/α,β-unsaturated/α-hetero) is 1. The molecule has 1 aliphatic rings. The lowest BCUT2D eigenvalue weighted by atomic mass is 10.0. The van der Waals surface area contributed by atoms with Crippen molar-refractivity contribution in [2.24, 2.45) is 0 Å². The van der Waals surface area contributed by atoms with Gasteiger partial charge >= 0.3 is 0 Å². The first-order chi connectivity index (χ1) is 12.6. The van der Waals surface area contributed by atoms with Crippen LogP contribution in [0.15, 0.2) is 30.5 Å². The van der Waals surface area contributed by atoms with Gasteiger partial charge in [-0.15, -0.1) is 0 Å². The number of benzene rings is 1. The van der Waals surface area contributed by atoms with Crippen LogP contribution in [0.3, 0.4) is 0 Å². The molecule has 3 rings (SSSR count). The van der Waals surface area contributed by atoms with Gasteiger partial charge in [0.25, 0.3) is 0 Å². The number of nitrogens with zero attached hydrogens (tertiary/aromatic N) is 3. The summed E-state index contributed by atoms with van der Waals surface area (Å²) in [5, 5.41) is 4.38. The Labute approximate surface area is 154 Å². The van der Waals surface area contributed by atoms with Crippen molar-refractivity contribution in [3.63, 3.8) is 0 Å². The van der Waals surface area contributed by atoms with E-state index in [2.05, 4.69) is 36.0 Å². The van der Waals surface area contributed by atoms with Gasteiger partial charge in [0.1, 0.15) is 6.61 Å². The normalized spacial score (nSPS) is 15.4. The third-order valence-electron chi connectivity index (χ3n) is 4.66. The Kier molecular flexibility index (Phi) is 6.06. The zero-order valence-corrected chi connectivity index (χ0v) is 15.8. The molecule has 1 aliphatic heterocycles. The van der Waals surface area contributed by atoms with E-state index < -0.39 is 0 Å². The molecule has 2 heterocycles. The Hall–Kier alpha value is -2.18. The Balaban J connectivity index is 1.76. The summed E-state index contributed by atoms with van der Waals surface area (Å²) in [6.45, 7) is 10.5. The number of carbonyl (C=O) groups excluding carboxylic acids is 1. The highest BCUT2D eigenvalue weighted by Crippen LogP contribution is 2.25. The first-order valence-corrected chi connectivity index (χ1v) is 9.18. The highest BCUT2D eigenvalue weighted by Gasteiger charge is 2.18. The monoisotopic (exact) mass is 357 g/mol. The van der Waals surface area contributed by atoms with Crippen molar-refractivity contribution >= 4 is 5.78 Å². The lowest BCUT2D eigenvalue weighted by molar-refractivity contribution is 0.0318. The van der Waals surface area contributed by atoms with E-state index in [4.69, 9.17) is 9.47 Å². The molecular formula is C20H27N3O3. The van der Waals surface area contributed by atoms with Gasteiger partial charge in [-0.25, -0.2) is 4.68 Å².